The van der Waals surface area contributed by atoms with Crippen LogP contribution in [0.25, 0.3) is 0 Å². The lowest BCUT2D eigenvalue weighted by Gasteiger charge is -2.36. The van der Waals surface area contributed by atoms with Crippen molar-refractivity contribution in [3.8, 4) is 0 Å². The first-order chi connectivity index (χ1) is 11.3. The van der Waals surface area contributed by atoms with Crippen LogP contribution in [0.4, 0.5) is 0 Å². The van der Waals surface area contributed by atoms with Gasteiger partial charge in [0.2, 0.25) is 0 Å². The fourth-order valence-electron chi connectivity index (χ4n) is 3.15. The van der Waals surface area contributed by atoms with Crippen molar-refractivity contribution in [3.05, 3.63) is 42.6 Å². The van der Waals surface area contributed by atoms with Crippen LogP contribution in [0.5, 0.6) is 0 Å². The fraction of sp³-hybridized carbons (Fsp3) is 0.588. The summed E-state index contributed by atoms with van der Waals surface area (Å²) in [5, 5.41) is 14.5. The second-order valence-electron chi connectivity index (χ2n) is 6.12. The number of furan rings is 1. The Labute approximate surface area is 136 Å². The summed E-state index contributed by atoms with van der Waals surface area (Å²) in [5.74, 6) is 0.784. The summed E-state index contributed by atoms with van der Waals surface area (Å²) in [6, 6.07) is 6.09. The normalized spacial score (nSPS) is 20.7. The Balaban J connectivity index is 1.44. The molecule has 1 fully saturated rings. The Morgan fingerprint density at radius 1 is 1.39 bits per heavy atom. The van der Waals surface area contributed by atoms with Gasteiger partial charge in [-0.05, 0) is 37.6 Å². The summed E-state index contributed by atoms with van der Waals surface area (Å²) in [6.07, 6.45) is 8.54. The number of rotatable bonds is 8. The first-order valence-corrected chi connectivity index (χ1v) is 8.31. The SMILES string of the molecule is OC(COCc1ccco1)CN1CCCCC1Cn1cccn1. The van der Waals surface area contributed by atoms with Crippen molar-refractivity contribution in [3.63, 3.8) is 0 Å². The first-order valence-electron chi connectivity index (χ1n) is 8.31. The molecule has 126 valence electrons. The predicted molar refractivity (Wildman–Crippen MR) is 85.8 cm³/mol. The molecule has 0 radical (unpaired) electrons. The van der Waals surface area contributed by atoms with E-state index in [4.69, 9.17) is 9.15 Å². The third-order valence-corrected chi connectivity index (χ3v) is 4.29. The minimum Gasteiger partial charge on any atom is -0.467 e. The molecule has 0 aromatic carbocycles. The number of aliphatic hydroxyl groups is 1. The van der Waals surface area contributed by atoms with Gasteiger partial charge in [0, 0.05) is 25.0 Å². The van der Waals surface area contributed by atoms with E-state index in [-0.39, 0.29) is 0 Å². The highest BCUT2D eigenvalue weighted by Crippen LogP contribution is 2.18. The molecule has 3 heterocycles. The van der Waals surface area contributed by atoms with Gasteiger partial charge in [0.1, 0.15) is 12.4 Å². The van der Waals surface area contributed by atoms with Gasteiger partial charge in [-0.2, -0.15) is 5.10 Å². The maximum Gasteiger partial charge on any atom is 0.129 e. The fourth-order valence-corrected chi connectivity index (χ4v) is 3.15. The molecule has 23 heavy (non-hydrogen) atoms. The molecule has 2 atom stereocenters. The summed E-state index contributed by atoms with van der Waals surface area (Å²) >= 11 is 0. The van der Waals surface area contributed by atoms with Crippen molar-refractivity contribution in [2.45, 2.75) is 44.6 Å². The largest absolute Gasteiger partial charge is 0.467 e. The number of nitrogens with zero attached hydrogens (tertiary/aromatic N) is 3. The molecule has 0 amide bonds. The van der Waals surface area contributed by atoms with Crippen LogP contribution in [-0.4, -0.2) is 51.6 Å². The van der Waals surface area contributed by atoms with E-state index in [1.165, 1.54) is 12.8 Å². The zero-order chi connectivity index (χ0) is 15.9. The van der Waals surface area contributed by atoms with Crippen molar-refractivity contribution >= 4 is 0 Å². The molecule has 3 rings (SSSR count). The monoisotopic (exact) mass is 319 g/mol. The Bertz CT molecular complexity index is 541. The highest BCUT2D eigenvalue weighted by atomic mass is 16.5. The van der Waals surface area contributed by atoms with E-state index in [1.807, 2.05) is 35.3 Å². The summed E-state index contributed by atoms with van der Waals surface area (Å²) in [6.45, 7) is 3.28. The van der Waals surface area contributed by atoms with Gasteiger partial charge in [-0.3, -0.25) is 9.58 Å². The van der Waals surface area contributed by atoms with Crippen molar-refractivity contribution in [2.24, 2.45) is 0 Å². The van der Waals surface area contributed by atoms with E-state index in [1.54, 1.807) is 6.26 Å². The van der Waals surface area contributed by atoms with E-state index in [0.717, 1.165) is 25.3 Å². The van der Waals surface area contributed by atoms with Crippen LogP contribution >= 0.6 is 0 Å². The van der Waals surface area contributed by atoms with Gasteiger partial charge < -0.3 is 14.3 Å². The Morgan fingerprint density at radius 3 is 3.13 bits per heavy atom. The summed E-state index contributed by atoms with van der Waals surface area (Å²) in [5.41, 5.74) is 0. The van der Waals surface area contributed by atoms with Crippen molar-refractivity contribution in [1.29, 1.82) is 0 Å². The van der Waals surface area contributed by atoms with E-state index in [0.29, 0.717) is 25.8 Å². The number of likely N-dealkylation sites (tertiary alicyclic amines) is 1. The van der Waals surface area contributed by atoms with Crippen molar-refractivity contribution in [2.75, 3.05) is 19.7 Å². The smallest absolute Gasteiger partial charge is 0.129 e. The molecule has 0 spiro atoms. The molecule has 1 N–H and O–H groups in total. The predicted octanol–water partition coefficient (Wildman–Crippen LogP) is 1.91. The van der Waals surface area contributed by atoms with Crippen LogP contribution in [0.3, 0.4) is 0 Å². The molecule has 2 aromatic heterocycles. The van der Waals surface area contributed by atoms with Crippen LogP contribution in [0.2, 0.25) is 0 Å². The Kier molecular flexibility index (Phi) is 5.85. The highest BCUT2D eigenvalue weighted by Gasteiger charge is 2.24. The number of β-amino-alcohol motifs (C(OH)–C–C–N with tert-alkyl or cyclic N) is 1. The number of piperidine rings is 1. The van der Waals surface area contributed by atoms with E-state index in [2.05, 4.69) is 10.00 Å². The molecule has 2 unspecified atom stereocenters. The molecular weight excluding hydrogens is 294 g/mol. The Morgan fingerprint density at radius 2 is 2.35 bits per heavy atom. The number of aliphatic hydroxyl groups excluding tert-OH is 1. The van der Waals surface area contributed by atoms with Crippen molar-refractivity contribution in [1.82, 2.24) is 14.7 Å². The lowest BCUT2D eigenvalue weighted by Crippen LogP contribution is -2.46. The molecule has 1 saturated heterocycles. The Hall–Kier alpha value is -1.63. The zero-order valence-corrected chi connectivity index (χ0v) is 13.4. The average Bonchev–Trinajstić information content (AvgIpc) is 3.23. The van der Waals surface area contributed by atoms with Crippen LogP contribution in [0, 0.1) is 0 Å². The highest BCUT2D eigenvalue weighted by molar-refractivity contribution is 4.96. The first kappa shape index (κ1) is 16.2. The van der Waals surface area contributed by atoms with E-state index in [9.17, 15) is 5.11 Å². The molecule has 1 aliphatic heterocycles. The van der Waals surface area contributed by atoms with Crippen LogP contribution < -0.4 is 0 Å². The third kappa shape index (κ3) is 4.92. The number of hydrogen-bond donors (Lipinski definition) is 1. The quantitative estimate of drug-likeness (QED) is 0.805. The third-order valence-electron chi connectivity index (χ3n) is 4.29. The zero-order valence-electron chi connectivity index (χ0n) is 13.4. The number of aromatic nitrogens is 2. The van der Waals surface area contributed by atoms with E-state index < -0.39 is 6.10 Å². The second kappa shape index (κ2) is 8.29. The van der Waals surface area contributed by atoms with Gasteiger partial charge in [0.15, 0.2) is 0 Å². The molecule has 2 aromatic rings. The standard InChI is InChI=1S/C17H25N3O3/c21-16(13-22-14-17-6-3-10-23-17)12-19-8-2-1-5-15(19)11-20-9-4-7-18-20/h3-4,6-7,9-10,15-16,21H,1-2,5,8,11-14H2. The summed E-state index contributed by atoms with van der Waals surface area (Å²) in [7, 11) is 0. The van der Waals surface area contributed by atoms with Crippen LogP contribution in [-0.2, 0) is 17.9 Å². The van der Waals surface area contributed by atoms with Gasteiger partial charge in [0.25, 0.3) is 0 Å². The molecule has 0 aliphatic carbocycles. The van der Waals surface area contributed by atoms with Gasteiger partial charge in [-0.1, -0.05) is 6.42 Å². The molecular formula is C17H25N3O3. The maximum atomic E-state index is 10.3. The summed E-state index contributed by atoms with van der Waals surface area (Å²) < 4.78 is 12.7. The van der Waals surface area contributed by atoms with Crippen molar-refractivity contribution < 1.29 is 14.3 Å². The van der Waals surface area contributed by atoms with Gasteiger partial charge >= 0.3 is 0 Å². The molecule has 6 nitrogen and oxygen atoms in total. The van der Waals surface area contributed by atoms with Gasteiger partial charge in [0.05, 0.1) is 25.5 Å². The van der Waals surface area contributed by atoms with Crippen LogP contribution in [0.15, 0.2) is 41.3 Å². The summed E-state index contributed by atoms with van der Waals surface area (Å²) in [4.78, 5) is 2.37. The lowest BCUT2D eigenvalue weighted by atomic mass is 10.0. The lowest BCUT2D eigenvalue weighted by molar-refractivity contribution is -0.00928. The molecule has 0 saturated carbocycles. The average molecular weight is 319 g/mol. The van der Waals surface area contributed by atoms with Gasteiger partial charge in [-0.15, -0.1) is 0 Å². The van der Waals surface area contributed by atoms with Gasteiger partial charge in [-0.25, -0.2) is 0 Å². The topological polar surface area (TPSA) is 63.7 Å². The molecule has 1 aliphatic rings. The number of ether oxygens (including phenoxy) is 1. The molecule has 0 bridgehead atoms. The maximum absolute atomic E-state index is 10.3. The second-order valence-corrected chi connectivity index (χ2v) is 6.12. The molecule has 6 heteroatoms. The number of hydrogen-bond acceptors (Lipinski definition) is 5. The van der Waals surface area contributed by atoms with Crippen LogP contribution in [0.1, 0.15) is 25.0 Å². The van der Waals surface area contributed by atoms with E-state index >= 15 is 0 Å². The minimum absolute atomic E-state index is 0.325. The minimum atomic E-state index is -0.483.